The van der Waals surface area contributed by atoms with Crippen LogP contribution in [0.5, 0.6) is 0 Å². The van der Waals surface area contributed by atoms with Crippen molar-refractivity contribution in [2.75, 3.05) is 17.3 Å². The van der Waals surface area contributed by atoms with E-state index in [0.29, 0.717) is 0 Å². The van der Waals surface area contributed by atoms with Crippen molar-refractivity contribution in [1.29, 1.82) is 0 Å². The first-order valence-corrected chi connectivity index (χ1v) is 13.4. The first kappa shape index (κ1) is 22.0. The van der Waals surface area contributed by atoms with Crippen LogP contribution in [0.4, 0.5) is 5.69 Å². The highest BCUT2D eigenvalue weighted by molar-refractivity contribution is 7.98. The van der Waals surface area contributed by atoms with Crippen molar-refractivity contribution in [3.05, 3.63) is 28.8 Å². The molecule has 1 aromatic rings. The van der Waals surface area contributed by atoms with E-state index in [0.717, 1.165) is 73.1 Å². The maximum atomic E-state index is 14.0. The Bertz CT molecular complexity index is 971. The highest BCUT2D eigenvalue weighted by Crippen LogP contribution is 2.54. The van der Waals surface area contributed by atoms with Crippen molar-refractivity contribution in [2.45, 2.75) is 76.4 Å². The van der Waals surface area contributed by atoms with Gasteiger partial charge < -0.3 is 5.32 Å². The van der Waals surface area contributed by atoms with Gasteiger partial charge in [-0.25, -0.2) is 0 Å². The zero-order chi connectivity index (χ0) is 22.6. The Morgan fingerprint density at radius 2 is 1.78 bits per heavy atom. The minimum absolute atomic E-state index is 0.0231. The van der Waals surface area contributed by atoms with Gasteiger partial charge >= 0.3 is 0 Å². The topological polar surface area (TPSA) is 78.5 Å². The average Bonchev–Trinajstić information content (AvgIpc) is 3.24. The third-order valence-electron chi connectivity index (χ3n) is 8.28. The molecule has 2 saturated heterocycles. The summed E-state index contributed by atoms with van der Waals surface area (Å²) in [7, 11) is 0. The zero-order valence-corrected chi connectivity index (χ0v) is 20.0. The zero-order valence-electron chi connectivity index (χ0n) is 19.2. The van der Waals surface area contributed by atoms with Crippen LogP contribution in [-0.2, 0) is 19.9 Å². The fraction of sp³-hybridized carbons (Fsp3) is 0.640. The average molecular weight is 456 g/mol. The first-order valence-electron chi connectivity index (χ1n) is 12.0. The summed E-state index contributed by atoms with van der Waals surface area (Å²) < 4.78 is 0. The number of aryl methyl sites for hydroxylation is 1. The number of nitrogens with zero attached hydrogens (tertiary/aromatic N) is 1. The molecule has 7 heteroatoms. The van der Waals surface area contributed by atoms with Crippen LogP contribution in [0, 0.1) is 25.7 Å². The Hall–Kier alpha value is -1.86. The van der Waals surface area contributed by atoms with Crippen molar-refractivity contribution < 1.29 is 14.4 Å². The molecular weight excluding hydrogens is 422 g/mol. The van der Waals surface area contributed by atoms with Gasteiger partial charge in [-0.05, 0) is 56.2 Å². The monoisotopic (exact) mass is 455 g/mol. The summed E-state index contributed by atoms with van der Waals surface area (Å²) in [5.74, 6) is -0.667. The Morgan fingerprint density at radius 1 is 1.06 bits per heavy atom. The molecule has 0 aromatic heterocycles. The molecule has 0 bridgehead atoms. The highest BCUT2D eigenvalue weighted by atomic mass is 32.2. The number of anilines is 1. The van der Waals surface area contributed by atoms with Crippen LogP contribution in [0.2, 0.25) is 0 Å². The lowest BCUT2D eigenvalue weighted by Crippen LogP contribution is -2.54. The lowest BCUT2D eigenvalue weighted by Gasteiger charge is -2.32. The van der Waals surface area contributed by atoms with E-state index in [2.05, 4.69) is 10.6 Å². The number of imide groups is 1. The second-order valence-corrected chi connectivity index (χ2v) is 10.9. The number of hydrogen-bond acceptors (Lipinski definition) is 5. The molecule has 3 heterocycles. The van der Waals surface area contributed by atoms with Crippen LogP contribution in [0.3, 0.4) is 0 Å². The SMILES string of the molecule is CSCC[C@@H]1N[C@@]2(C(=O)Nc3c2ccc(C)c3C)[C@@H]2C(=O)N(C3CCCCCC3)C(=O)[C@H]12. The maximum Gasteiger partial charge on any atom is 0.250 e. The summed E-state index contributed by atoms with van der Waals surface area (Å²) in [5, 5.41) is 6.64. The maximum absolute atomic E-state index is 14.0. The Morgan fingerprint density at radius 3 is 2.47 bits per heavy atom. The number of hydrogen-bond donors (Lipinski definition) is 2. The summed E-state index contributed by atoms with van der Waals surface area (Å²) >= 11 is 1.73. The molecule has 1 spiro atoms. The number of carbonyl (C=O) groups excluding carboxylic acids is 3. The van der Waals surface area contributed by atoms with Gasteiger partial charge in [-0.3, -0.25) is 24.6 Å². The summed E-state index contributed by atoms with van der Waals surface area (Å²) in [6.07, 6.45) is 9.00. The second-order valence-electron chi connectivity index (χ2n) is 9.92. The molecular formula is C25H33N3O3S. The van der Waals surface area contributed by atoms with Crippen molar-refractivity contribution in [3.63, 3.8) is 0 Å². The van der Waals surface area contributed by atoms with E-state index < -0.39 is 17.4 Å². The quantitative estimate of drug-likeness (QED) is 0.537. The van der Waals surface area contributed by atoms with E-state index in [9.17, 15) is 14.4 Å². The number of fused-ring (bicyclic) bond motifs is 4. The van der Waals surface area contributed by atoms with E-state index in [1.165, 1.54) is 0 Å². The predicted octanol–water partition coefficient (Wildman–Crippen LogP) is 3.50. The van der Waals surface area contributed by atoms with Crippen molar-refractivity contribution in [3.8, 4) is 0 Å². The van der Waals surface area contributed by atoms with Gasteiger partial charge in [0, 0.05) is 23.3 Å². The number of nitrogens with one attached hydrogen (secondary N) is 2. The van der Waals surface area contributed by atoms with E-state index in [4.69, 9.17) is 0 Å². The van der Waals surface area contributed by atoms with Crippen LogP contribution in [-0.4, -0.2) is 46.7 Å². The lowest BCUT2D eigenvalue weighted by molar-refractivity contribution is -0.145. The summed E-state index contributed by atoms with van der Waals surface area (Å²) in [6, 6.07) is 3.79. The fourth-order valence-electron chi connectivity index (χ4n) is 6.51. The minimum atomic E-state index is -1.16. The van der Waals surface area contributed by atoms with Crippen LogP contribution in [0.1, 0.15) is 61.6 Å². The molecule has 0 radical (unpaired) electrons. The molecule has 3 aliphatic heterocycles. The van der Waals surface area contributed by atoms with Gasteiger partial charge in [0.1, 0.15) is 5.54 Å². The molecule has 172 valence electrons. The van der Waals surface area contributed by atoms with Gasteiger partial charge in [-0.1, -0.05) is 37.8 Å². The largest absolute Gasteiger partial charge is 0.324 e. The molecule has 4 atom stereocenters. The normalized spacial score (nSPS) is 32.4. The molecule has 2 N–H and O–H groups in total. The van der Waals surface area contributed by atoms with E-state index in [1.807, 2.05) is 32.2 Å². The Labute approximate surface area is 194 Å². The lowest BCUT2D eigenvalue weighted by atomic mass is 9.76. The van der Waals surface area contributed by atoms with Gasteiger partial charge in [0.15, 0.2) is 0 Å². The third-order valence-corrected chi connectivity index (χ3v) is 8.92. The van der Waals surface area contributed by atoms with Crippen molar-refractivity contribution in [2.24, 2.45) is 11.8 Å². The van der Waals surface area contributed by atoms with Crippen LogP contribution in [0.25, 0.3) is 0 Å². The number of benzene rings is 1. The van der Waals surface area contributed by atoms with E-state index >= 15 is 0 Å². The number of thioether (sulfide) groups is 1. The summed E-state index contributed by atoms with van der Waals surface area (Å²) in [5.41, 5.74) is 2.60. The molecule has 1 saturated carbocycles. The van der Waals surface area contributed by atoms with Crippen LogP contribution in [0.15, 0.2) is 12.1 Å². The second kappa shape index (κ2) is 8.17. The molecule has 3 fully saturated rings. The number of rotatable bonds is 4. The molecule has 32 heavy (non-hydrogen) atoms. The van der Waals surface area contributed by atoms with Crippen LogP contribution >= 0.6 is 11.8 Å². The van der Waals surface area contributed by atoms with Gasteiger partial charge in [-0.15, -0.1) is 0 Å². The number of likely N-dealkylation sites (tertiary alicyclic amines) is 1. The highest BCUT2D eigenvalue weighted by Gasteiger charge is 2.70. The van der Waals surface area contributed by atoms with E-state index in [-0.39, 0.29) is 29.8 Å². The van der Waals surface area contributed by atoms with E-state index in [1.54, 1.807) is 16.7 Å². The molecule has 0 unspecified atom stereocenters. The molecule has 5 rings (SSSR count). The Kier molecular flexibility index (Phi) is 5.61. The van der Waals surface area contributed by atoms with Crippen LogP contribution < -0.4 is 10.6 Å². The third kappa shape index (κ3) is 3.00. The first-order chi connectivity index (χ1) is 15.4. The van der Waals surface area contributed by atoms with Gasteiger partial charge in [0.2, 0.25) is 17.7 Å². The predicted molar refractivity (Wildman–Crippen MR) is 126 cm³/mol. The van der Waals surface area contributed by atoms with Gasteiger partial charge in [0.05, 0.1) is 11.8 Å². The smallest absolute Gasteiger partial charge is 0.250 e. The molecule has 1 aromatic carbocycles. The summed E-state index contributed by atoms with van der Waals surface area (Å²) in [4.78, 5) is 43.0. The molecule has 6 nitrogen and oxygen atoms in total. The van der Waals surface area contributed by atoms with Crippen molar-refractivity contribution >= 4 is 35.2 Å². The molecule has 3 amide bonds. The van der Waals surface area contributed by atoms with Gasteiger partial charge in [0.25, 0.3) is 0 Å². The molecule has 1 aliphatic carbocycles. The standard InChI is InChI=1S/C25H33N3O3S/c1-14-10-11-17-21(15(14)2)26-24(31)25(17)20-19(18(27-25)12-13-32-3)22(29)28(23(20)30)16-8-6-4-5-7-9-16/h10-11,16,18-20,27H,4-9,12-13H2,1-3H3,(H,26,31)/t18-,19+,20-,25+/m0/s1. The number of carbonyl (C=O) groups is 3. The number of amides is 3. The minimum Gasteiger partial charge on any atom is -0.324 e. The van der Waals surface area contributed by atoms with Gasteiger partial charge in [-0.2, -0.15) is 11.8 Å². The van der Waals surface area contributed by atoms with Crippen molar-refractivity contribution in [1.82, 2.24) is 10.2 Å². The molecule has 4 aliphatic rings. The Balaban J connectivity index is 1.61. The fourth-order valence-corrected chi connectivity index (χ4v) is 7.00. The summed E-state index contributed by atoms with van der Waals surface area (Å²) in [6.45, 7) is 4.03.